The maximum absolute atomic E-state index is 12.6. The van der Waals surface area contributed by atoms with E-state index in [0.29, 0.717) is 21.3 Å². The number of nitrogens with one attached hydrogen (secondary N) is 2. The van der Waals surface area contributed by atoms with E-state index in [1.807, 2.05) is 12.1 Å². The molecule has 0 aliphatic heterocycles. The summed E-state index contributed by atoms with van der Waals surface area (Å²) in [7, 11) is -3.77. The standard InChI is InChI=1S/C22H19Cl2N3O3S/c23-20-2-1-3-21(24)19(20)13-26-31(29,30)16-6-4-15(5-7-16)27-22(28)18-12-17(18)14-8-10-25-11-9-14/h1-11,17-18,26H,12-13H2,(H,27,28). The number of carbonyl (C=O) groups excluding carboxylic acids is 1. The summed E-state index contributed by atoms with van der Waals surface area (Å²) in [5.41, 5.74) is 2.14. The average Bonchev–Trinajstić information content (AvgIpc) is 3.56. The molecular weight excluding hydrogens is 457 g/mol. The molecule has 31 heavy (non-hydrogen) atoms. The van der Waals surface area contributed by atoms with E-state index in [9.17, 15) is 13.2 Å². The lowest BCUT2D eigenvalue weighted by molar-refractivity contribution is -0.117. The summed E-state index contributed by atoms with van der Waals surface area (Å²) in [6, 6.07) is 14.8. The molecule has 1 heterocycles. The number of nitrogens with zero attached hydrogens (tertiary/aromatic N) is 1. The van der Waals surface area contributed by atoms with Crippen LogP contribution in [0.5, 0.6) is 0 Å². The number of sulfonamides is 1. The fraction of sp³-hybridized carbons (Fsp3) is 0.182. The highest BCUT2D eigenvalue weighted by Crippen LogP contribution is 2.47. The van der Waals surface area contributed by atoms with Gasteiger partial charge in [-0.1, -0.05) is 29.3 Å². The lowest BCUT2D eigenvalue weighted by Crippen LogP contribution is -2.23. The summed E-state index contributed by atoms with van der Waals surface area (Å²) in [6.07, 6.45) is 4.22. The van der Waals surface area contributed by atoms with Gasteiger partial charge in [-0.3, -0.25) is 9.78 Å². The predicted molar refractivity (Wildman–Crippen MR) is 121 cm³/mol. The van der Waals surface area contributed by atoms with Crippen LogP contribution >= 0.6 is 23.2 Å². The second kappa shape index (κ2) is 8.96. The molecule has 3 aromatic rings. The molecule has 1 aliphatic carbocycles. The van der Waals surface area contributed by atoms with Gasteiger partial charge in [-0.15, -0.1) is 0 Å². The van der Waals surface area contributed by atoms with Crippen molar-refractivity contribution in [2.24, 2.45) is 5.92 Å². The van der Waals surface area contributed by atoms with Crippen LogP contribution in [0.2, 0.25) is 10.0 Å². The van der Waals surface area contributed by atoms with Crippen molar-refractivity contribution in [3.05, 3.63) is 88.2 Å². The van der Waals surface area contributed by atoms with Gasteiger partial charge < -0.3 is 5.32 Å². The van der Waals surface area contributed by atoms with E-state index in [4.69, 9.17) is 23.2 Å². The number of pyridine rings is 1. The van der Waals surface area contributed by atoms with Crippen LogP contribution in [-0.4, -0.2) is 19.3 Å². The number of hydrogen-bond donors (Lipinski definition) is 2. The first-order chi connectivity index (χ1) is 14.8. The van der Waals surface area contributed by atoms with Crippen LogP contribution < -0.4 is 10.0 Å². The second-order valence-electron chi connectivity index (χ2n) is 7.27. The topological polar surface area (TPSA) is 88.2 Å². The summed E-state index contributed by atoms with van der Waals surface area (Å²) < 4.78 is 27.7. The van der Waals surface area contributed by atoms with Gasteiger partial charge in [0, 0.05) is 46.2 Å². The SMILES string of the molecule is O=C(Nc1ccc(S(=O)(=O)NCc2c(Cl)cccc2Cl)cc1)C1CC1c1ccncc1. The molecule has 0 bridgehead atoms. The van der Waals surface area contributed by atoms with Crippen molar-refractivity contribution in [1.29, 1.82) is 0 Å². The third-order valence-electron chi connectivity index (χ3n) is 5.19. The number of hydrogen-bond acceptors (Lipinski definition) is 4. The Hall–Kier alpha value is -2.45. The zero-order valence-corrected chi connectivity index (χ0v) is 18.6. The predicted octanol–water partition coefficient (Wildman–Crippen LogP) is 4.61. The van der Waals surface area contributed by atoms with Crippen molar-refractivity contribution in [1.82, 2.24) is 9.71 Å². The Bertz CT molecular complexity index is 1180. The van der Waals surface area contributed by atoms with Crippen molar-refractivity contribution >= 4 is 44.8 Å². The summed E-state index contributed by atoms with van der Waals surface area (Å²) in [4.78, 5) is 16.6. The molecule has 1 saturated carbocycles. The van der Waals surface area contributed by atoms with Crippen LogP contribution in [0.15, 0.2) is 71.9 Å². The molecule has 9 heteroatoms. The van der Waals surface area contributed by atoms with Gasteiger partial charge in [0.15, 0.2) is 0 Å². The number of halogens is 2. The zero-order chi connectivity index (χ0) is 22.0. The van der Waals surface area contributed by atoms with E-state index in [2.05, 4.69) is 15.0 Å². The maximum atomic E-state index is 12.6. The number of anilines is 1. The second-order valence-corrected chi connectivity index (χ2v) is 9.85. The van der Waals surface area contributed by atoms with Crippen molar-refractivity contribution < 1.29 is 13.2 Å². The molecule has 1 amide bonds. The lowest BCUT2D eigenvalue weighted by Gasteiger charge is -2.10. The van der Waals surface area contributed by atoms with E-state index in [1.165, 1.54) is 12.1 Å². The molecule has 2 unspecified atom stereocenters. The highest BCUT2D eigenvalue weighted by molar-refractivity contribution is 7.89. The maximum Gasteiger partial charge on any atom is 0.240 e. The van der Waals surface area contributed by atoms with E-state index in [-0.39, 0.29) is 29.2 Å². The van der Waals surface area contributed by atoms with Crippen LogP contribution in [0.3, 0.4) is 0 Å². The van der Waals surface area contributed by atoms with Crippen molar-refractivity contribution in [2.75, 3.05) is 5.32 Å². The Morgan fingerprint density at radius 2 is 1.65 bits per heavy atom. The lowest BCUT2D eigenvalue weighted by atomic mass is 10.1. The summed E-state index contributed by atoms with van der Waals surface area (Å²) in [6.45, 7) is -0.0304. The minimum absolute atomic E-state index is 0.0304. The fourth-order valence-corrected chi connectivity index (χ4v) is 4.89. The number of aromatic nitrogens is 1. The Morgan fingerprint density at radius 1 is 1.00 bits per heavy atom. The fourth-order valence-electron chi connectivity index (χ4n) is 3.37. The minimum atomic E-state index is -3.77. The zero-order valence-electron chi connectivity index (χ0n) is 16.3. The summed E-state index contributed by atoms with van der Waals surface area (Å²) in [5, 5.41) is 3.63. The first-order valence-corrected chi connectivity index (χ1v) is 11.8. The highest BCUT2D eigenvalue weighted by atomic mass is 35.5. The first kappa shape index (κ1) is 21.8. The van der Waals surface area contributed by atoms with Gasteiger partial charge in [0.1, 0.15) is 0 Å². The third kappa shape index (κ3) is 5.07. The van der Waals surface area contributed by atoms with Crippen LogP contribution in [0, 0.1) is 5.92 Å². The Balaban J connectivity index is 1.37. The Labute approximate surface area is 190 Å². The van der Waals surface area contributed by atoms with E-state index in [1.54, 1.807) is 42.7 Å². The van der Waals surface area contributed by atoms with Gasteiger partial charge in [-0.2, -0.15) is 0 Å². The highest BCUT2D eigenvalue weighted by Gasteiger charge is 2.43. The summed E-state index contributed by atoms with van der Waals surface area (Å²) >= 11 is 12.2. The smallest absolute Gasteiger partial charge is 0.240 e. The van der Waals surface area contributed by atoms with E-state index < -0.39 is 10.0 Å². The number of amides is 1. The number of rotatable bonds is 7. The number of benzene rings is 2. The van der Waals surface area contributed by atoms with E-state index in [0.717, 1.165) is 12.0 Å². The molecule has 4 rings (SSSR count). The van der Waals surface area contributed by atoms with Crippen LogP contribution in [0.4, 0.5) is 5.69 Å². The van der Waals surface area contributed by atoms with Crippen LogP contribution in [-0.2, 0) is 21.4 Å². The number of carbonyl (C=O) groups is 1. The van der Waals surface area contributed by atoms with Crippen molar-refractivity contribution in [3.63, 3.8) is 0 Å². The molecule has 1 aliphatic rings. The molecular formula is C22H19Cl2N3O3S. The molecule has 1 fully saturated rings. The molecule has 2 aromatic carbocycles. The molecule has 0 radical (unpaired) electrons. The molecule has 0 saturated heterocycles. The Morgan fingerprint density at radius 3 is 2.29 bits per heavy atom. The summed E-state index contributed by atoms with van der Waals surface area (Å²) in [5.74, 6) is 0.0280. The van der Waals surface area contributed by atoms with Gasteiger partial charge in [0.05, 0.1) is 4.90 Å². The quantitative estimate of drug-likeness (QED) is 0.522. The first-order valence-electron chi connectivity index (χ1n) is 9.58. The van der Waals surface area contributed by atoms with Gasteiger partial charge >= 0.3 is 0 Å². The molecule has 160 valence electrons. The monoisotopic (exact) mass is 475 g/mol. The molecule has 0 spiro atoms. The van der Waals surface area contributed by atoms with Gasteiger partial charge in [-0.05, 0) is 66.4 Å². The molecule has 1 aromatic heterocycles. The van der Waals surface area contributed by atoms with Crippen molar-refractivity contribution in [3.8, 4) is 0 Å². The van der Waals surface area contributed by atoms with Crippen LogP contribution in [0.25, 0.3) is 0 Å². The molecule has 6 nitrogen and oxygen atoms in total. The van der Waals surface area contributed by atoms with Gasteiger partial charge in [0.25, 0.3) is 0 Å². The van der Waals surface area contributed by atoms with Gasteiger partial charge in [0.2, 0.25) is 15.9 Å². The minimum Gasteiger partial charge on any atom is -0.326 e. The van der Waals surface area contributed by atoms with Crippen LogP contribution in [0.1, 0.15) is 23.5 Å². The van der Waals surface area contributed by atoms with Gasteiger partial charge in [-0.25, -0.2) is 13.1 Å². The largest absolute Gasteiger partial charge is 0.326 e. The third-order valence-corrected chi connectivity index (χ3v) is 7.32. The molecule has 2 N–H and O–H groups in total. The Kier molecular flexibility index (Phi) is 6.29. The van der Waals surface area contributed by atoms with Crippen molar-refractivity contribution in [2.45, 2.75) is 23.8 Å². The normalized spacial score (nSPS) is 17.9. The van der Waals surface area contributed by atoms with E-state index >= 15 is 0 Å². The average molecular weight is 476 g/mol. The molecule has 2 atom stereocenters.